The summed E-state index contributed by atoms with van der Waals surface area (Å²) < 4.78 is 0. The Morgan fingerprint density at radius 2 is 1.80 bits per heavy atom. The molecule has 0 saturated carbocycles. The Labute approximate surface area is 182 Å². The molecule has 2 aliphatic rings. The fourth-order valence-electron chi connectivity index (χ4n) is 5.24. The molecule has 1 aromatic heterocycles. The predicted molar refractivity (Wildman–Crippen MR) is 123 cm³/mol. The number of nitrogens with zero attached hydrogens (tertiary/aromatic N) is 2. The summed E-state index contributed by atoms with van der Waals surface area (Å²) in [4.78, 5) is 5.82. The van der Waals surface area contributed by atoms with E-state index in [0.717, 1.165) is 49.9 Å². The molecule has 2 aromatic carbocycles. The minimum Gasteiger partial charge on any atom is -0.371 e. The molecule has 3 heterocycles. The highest BCUT2D eigenvalue weighted by molar-refractivity contribution is 6.36. The van der Waals surface area contributed by atoms with Crippen LogP contribution in [-0.4, -0.2) is 31.2 Å². The van der Waals surface area contributed by atoms with E-state index in [4.69, 9.17) is 11.6 Å². The predicted octanol–water partition coefficient (Wildman–Crippen LogP) is 5.54. The Morgan fingerprint density at radius 1 is 1.00 bits per heavy atom. The Morgan fingerprint density at radius 3 is 2.57 bits per heavy atom. The second kappa shape index (κ2) is 8.34. The fourth-order valence-corrected chi connectivity index (χ4v) is 5.49. The summed E-state index contributed by atoms with van der Waals surface area (Å²) in [6, 6.07) is 15.6. The van der Waals surface area contributed by atoms with Crippen molar-refractivity contribution in [2.75, 3.05) is 31.1 Å². The zero-order valence-electron chi connectivity index (χ0n) is 17.1. The van der Waals surface area contributed by atoms with Crippen LogP contribution in [0.4, 0.5) is 5.69 Å². The Kier molecular flexibility index (Phi) is 5.41. The number of H-pyrrole nitrogens is 1. The Hall–Kier alpha value is -2.48. The van der Waals surface area contributed by atoms with Gasteiger partial charge in [0.05, 0.1) is 16.1 Å². The minimum absolute atomic E-state index is 0.424. The molecule has 0 radical (unpaired) electrons. The third kappa shape index (κ3) is 3.57. The normalized spacial score (nSPS) is 20.4. The van der Waals surface area contributed by atoms with Crippen LogP contribution in [0.25, 0.3) is 10.9 Å². The summed E-state index contributed by atoms with van der Waals surface area (Å²) in [6.07, 6.45) is 6.56. The van der Waals surface area contributed by atoms with Gasteiger partial charge >= 0.3 is 0 Å². The zero-order chi connectivity index (χ0) is 20.5. The Bertz CT molecular complexity index is 1070. The molecule has 4 nitrogen and oxygen atoms in total. The molecule has 3 aromatic rings. The summed E-state index contributed by atoms with van der Waals surface area (Å²) in [6.45, 7) is 4.34. The van der Waals surface area contributed by atoms with Gasteiger partial charge in [0, 0.05) is 36.3 Å². The van der Waals surface area contributed by atoms with E-state index in [1.54, 1.807) is 6.20 Å². The molecule has 2 aliphatic heterocycles. The average molecular weight is 419 g/mol. The lowest BCUT2D eigenvalue weighted by atomic mass is 9.88. The van der Waals surface area contributed by atoms with Gasteiger partial charge in [0.15, 0.2) is 0 Å². The van der Waals surface area contributed by atoms with Gasteiger partial charge in [-0.25, -0.2) is 0 Å². The van der Waals surface area contributed by atoms with Crippen molar-refractivity contribution in [3.63, 3.8) is 0 Å². The van der Waals surface area contributed by atoms with Crippen molar-refractivity contribution in [3.8, 4) is 6.07 Å². The molecule has 5 heteroatoms. The number of hydrogen-bond acceptors (Lipinski definition) is 3. The number of hydrogen-bond donors (Lipinski definition) is 2. The fraction of sp³-hybridized carbons (Fsp3) is 0.400. The third-order valence-electron chi connectivity index (χ3n) is 6.87. The monoisotopic (exact) mass is 418 g/mol. The number of halogens is 1. The molecule has 5 rings (SSSR count). The number of aromatic amines is 1. The van der Waals surface area contributed by atoms with Gasteiger partial charge in [-0.3, -0.25) is 0 Å². The van der Waals surface area contributed by atoms with Crippen molar-refractivity contribution in [2.24, 2.45) is 0 Å². The van der Waals surface area contributed by atoms with E-state index in [1.165, 1.54) is 29.7 Å². The topological polar surface area (TPSA) is 54.9 Å². The van der Waals surface area contributed by atoms with Gasteiger partial charge < -0.3 is 15.2 Å². The van der Waals surface area contributed by atoms with Gasteiger partial charge in [0.2, 0.25) is 0 Å². The van der Waals surface area contributed by atoms with Crippen LogP contribution in [-0.2, 0) is 0 Å². The van der Waals surface area contributed by atoms with Crippen LogP contribution >= 0.6 is 11.6 Å². The molecule has 0 unspecified atom stereocenters. The lowest BCUT2D eigenvalue weighted by Crippen LogP contribution is -2.34. The second-order valence-corrected chi connectivity index (χ2v) is 9.01. The standard InChI is InChI=1S/C25H27ClN4/c26-23-8-7-22(25-24(23)20(14-27)15-29-25)19-2-1-13-30(16-19)21-5-3-17(4-6-21)18-9-11-28-12-10-18/h3-8,15,18-19,28-29H,1-2,9-13,16H2/t19-/m1/s1. The molecule has 2 N–H and O–H groups in total. The average Bonchev–Trinajstić information content (AvgIpc) is 3.25. The first-order chi connectivity index (χ1) is 14.7. The Balaban J connectivity index is 1.38. The number of benzene rings is 2. The highest BCUT2D eigenvalue weighted by atomic mass is 35.5. The number of aromatic nitrogens is 1. The maximum atomic E-state index is 9.42. The molecule has 0 spiro atoms. The molecular formula is C25H27ClN4. The number of nitrogens with one attached hydrogen (secondary N) is 2. The first-order valence-corrected chi connectivity index (χ1v) is 11.4. The summed E-state index contributed by atoms with van der Waals surface area (Å²) in [5, 5.41) is 14.4. The quantitative estimate of drug-likeness (QED) is 0.586. The summed E-state index contributed by atoms with van der Waals surface area (Å²) >= 11 is 6.41. The molecule has 0 amide bonds. The van der Waals surface area contributed by atoms with Crippen LogP contribution in [0.1, 0.15) is 54.2 Å². The van der Waals surface area contributed by atoms with Gasteiger partial charge in [-0.2, -0.15) is 5.26 Å². The van der Waals surface area contributed by atoms with E-state index >= 15 is 0 Å². The number of fused-ring (bicyclic) bond motifs is 1. The van der Waals surface area contributed by atoms with Gasteiger partial charge in [-0.1, -0.05) is 29.8 Å². The van der Waals surface area contributed by atoms with Gasteiger partial charge in [0.1, 0.15) is 6.07 Å². The number of anilines is 1. The van der Waals surface area contributed by atoms with Crippen LogP contribution in [0.15, 0.2) is 42.6 Å². The van der Waals surface area contributed by atoms with E-state index in [9.17, 15) is 5.26 Å². The van der Waals surface area contributed by atoms with Crippen molar-refractivity contribution in [1.29, 1.82) is 5.26 Å². The molecule has 0 aliphatic carbocycles. The molecule has 154 valence electrons. The van der Waals surface area contributed by atoms with Crippen LogP contribution in [0, 0.1) is 11.3 Å². The highest BCUT2D eigenvalue weighted by Crippen LogP contribution is 2.37. The lowest BCUT2D eigenvalue weighted by molar-refractivity contribution is 0.460. The van der Waals surface area contributed by atoms with E-state index in [2.05, 4.69) is 51.6 Å². The van der Waals surface area contributed by atoms with Crippen LogP contribution < -0.4 is 10.2 Å². The summed E-state index contributed by atoms with van der Waals surface area (Å²) in [5.74, 6) is 1.12. The van der Waals surface area contributed by atoms with E-state index in [1.807, 2.05) is 6.07 Å². The van der Waals surface area contributed by atoms with Gasteiger partial charge in [-0.15, -0.1) is 0 Å². The SMILES string of the molecule is N#Cc1c[nH]c2c([C@@H]3CCCN(c4ccc(C5CCNCC5)cc4)C3)ccc(Cl)c12. The molecule has 2 saturated heterocycles. The van der Waals surface area contributed by atoms with E-state index < -0.39 is 0 Å². The van der Waals surface area contributed by atoms with Crippen molar-refractivity contribution in [2.45, 2.75) is 37.5 Å². The highest BCUT2D eigenvalue weighted by Gasteiger charge is 2.25. The maximum absolute atomic E-state index is 9.42. The molecule has 2 fully saturated rings. The summed E-state index contributed by atoms with van der Waals surface area (Å²) in [5.41, 5.74) is 5.70. The largest absolute Gasteiger partial charge is 0.371 e. The first kappa shape index (κ1) is 19.5. The van der Waals surface area contributed by atoms with Crippen molar-refractivity contribution < 1.29 is 0 Å². The molecule has 30 heavy (non-hydrogen) atoms. The van der Waals surface area contributed by atoms with E-state index in [-0.39, 0.29) is 0 Å². The maximum Gasteiger partial charge on any atom is 0.101 e. The smallest absolute Gasteiger partial charge is 0.101 e. The lowest BCUT2D eigenvalue weighted by Gasteiger charge is -2.35. The van der Waals surface area contributed by atoms with Crippen molar-refractivity contribution >= 4 is 28.2 Å². The minimum atomic E-state index is 0.424. The van der Waals surface area contributed by atoms with Crippen molar-refractivity contribution in [1.82, 2.24) is 10.3 Å². The van der Waals surface area contributed by atoms with Crippen LogP contribution in [0.5, 0.6) is 0 Å². The molecule has 1 atom stereocenters. The van der Waals surface area contributed by atoms with Crippen LogP contribution in [0.3, 0.4) is 0 Å². The molecular weight excluding hydrogens is 392 g/mol. The number of nitriles is 1. The second-order valence-electron chi connectivity index (χ2n) is 8.60. The van der Waals surface area contributed by atoms with Crippen molar-refractivity contribution in [3.05, 3.63) is 64.3 Å². The third-order valence-corrected chi connectivity index (χ3v) is 7.18. The first-order valence-electron chi connectivity index (χ1n) is 11.0. The van der Waals surface area contributed by atoms with E-state index in [0.29, 0.717) is 22.4 Å². The van der Waals surface area contributed by atoms with Gasteiger partial charge in [0.25, 0.3) is 0 Å². The summed E-state index contributed by atoms with van der Waals surface area (Å²) in [7, 11) is 0. The molecule has 0 bridgehead atoms. The number of rotatable bonds is 3. The number of piperidine rings is 2. The van der Waals surface area contributed by atoms with Gasteiger partial charge in [-0.05, 0) is 74.0 Å². The zero-order valence-corrected chi connectivity index (χ0v) is 17.9. The van der Waals surface area contributed by atoms with Crippen LogP contribution in [0.2, 0.25) is 5.02 Å².